The summed E-state index contributed by atoms with van der Waals surface area (Å²) < 4.78 is 11.7. The maximum atomic E-state index is 12.5. The molecule has 57 heavy (non-hydrogen) atoms. The smallest absolute Gasteiger partial charge is 0.331 e. The monoisotopic (exact) mass is 750 g/mol. The molecular weight excluding hydrogens is 701 g/mol. The molecular formula is C53H50O4. The van der Waals surface area contributed by atoms with Crippen molar-refractivity contribution in [2.24, 2.45) is 0 Å². The van der Waals surface area contributed by atoms with Gasteiger partial charge in [-0.15, -0.1) is 0 Å². The van der Waals surface area contributed by atoms with Crippen LogP contribution < -0.4 is 0 Å². The van der Waals surface area contributed by atoms with E-state index in [4.69, 9.17) is 9.47 Å². The Kier molecular flexibility index (Phi) is 8.66. The van der Waals surface area contributed by atoms with Crippen molar-refractivity contribution in [3.8, 4) is 33.4 Å². The first-order valence-corrected chi connectivity index (χ1v) is 19.7. The third kappa shape index (κ3) is 6.23. The van der Waals surface area contributed by atoms with Crippen LogP contribution in [0.5, 0.6) is 0 Å². The van der Waals surface area contributed by atoms with Crippen LogP contribution in [0.25, 0.3) is 65.7 Å². The Morgan fingerprint density at radius 1 is 0.526 bits per heavy atom. The van der Waals surface area contributed by atoms with Crippen LogP contribution in [0.1, 0.15) is 90.1 Å². The Labute approximate surface area is 336 Å². The van der Waals surface area contributed by atoms with Gasteiger partial charge < -0.3 is 9.47 Å². The number of esters is 2. The number of carbonyl (C=O) groups excluding carboxylic acids is 2. The van der Waals surface area contributed by atoms with Crippen LogP contribution in [0, 0.1) is 0 Å². The van der Waals surface area contributed by atoms with Crippen molar-refractivity contribution in [1.29, 1.82) is 0 Å². The maximum Gasteiger partial charge on any atom is 0.331 e. The number of carbonyl (C=O) groups is 2. The van der Waals surface area contributed by atoms with Crippen molar-refractivity contribution in [1.82, 2.24) is 0 Å². The predicted molar refractivity (Wildman–Crippen MR) is 236 cm³/mol. The maximum absolute atomic E-state index is 12.5. The lowest BCUT2D eigenvalue weighted by molar-refractivity contribution is -0.152. The number of rotatable bonds is 8. The molecule has 8 rings (SSSR count). The van der Waals surface area contributed by atoms with E-state index in [1.165, 1.54) is 83.4 Å². The Morgan fingerprint density at radius 2 is 1.04 bits per heavy atom. The summed E-state index contributed by atoms with van der Waals surface area (Å²) in [5, 5.41) is 7.73. The molecule has 0 fully saturated rings. The summed E-state index contributed by atoms with van der Waals surface area (Å²) in [7, 11) is 0. The summed E-state index contributed by atoms with van der Waals surface area (Å²) in [6.07, 6.45) is 2.36. The van der Waals surface area contributed by atoms with E-state index in [1.54, 1.807) is 0 Å². The van der Waals surface area contributed by atoms with Gasteiger partial charge in [0.15, 0.2) is 0 Å². The van der Waals surface area contributed by atoms with Gasteiger partial charge in [0.05, 0.1) is 0 Å². The van der Waals surface area contributed by atoms with Gasteiger partial charge in [0.25, 0.3) is 0 Å². The summed E-state index contributed by atoms with van der Waals surface area (Å²) in [6.45, 7) is 26.1. The van der Waals surface area contributed by atoms with Gasteiger partial charge in [0, 0.05) is 23.1 Å². The van der Waals surface area contributed by atoms with Crippen molar-refractivity contribution < 1.29 is 19.1 Å². The topological polar surface area (TPSA) is 52.6 Å². The molecule has 1 aliphatic rings. The lowest BCUT2D eigenvalue weighted by atomic mass is 9.79. The van der Waals surface area contributed by atoms with Gasteiger partial charge in [-0.3, -0.25) is 0 Å². The van der Waals surface area contributed by atoms with E-state index in [0.29, 0.717) is 0 Å². The summed E-state index contributed by atoms with van der Waals surface area (Å²) in [6, 6.07) is 37.9. The number of fused-ring (bicyclic) bond motifs is 3. The molecule has 0 aromatic heterocycles. The molecule has 0 heterocycles. The van der Waals surface area contributed by atoms with Gasteiger partial charge in [0.2, 0.25) is 0 Å². The lowest BCUT2D eigenvalue weighted by Crippen LogP contribution is -2.27. The highest BCUT2D eigenvalue weighted by Gasteiger charge is 2.37. The van der Waals surface area contributed by atoms with Crippen LogP contribution in [0.15, 0.2) is 128 Å². The zero-order chi connectivity index (χ0) is 40.8. The lowest BCUT2D eigenvalue weighted by Gasteiger charge is -2.31. The molecule has 0 aliphatic heterocycles. The third-order valence-electron chi connectivity index (χ3n) is 12.2. The van der Waals surface area contributed by atoms with Gasteiger partial charge in [0.1, 0.15) is 11.2 Å². The average molecular weight is 751 g/mol. The van der Waals surface area contributed by atoms with Gasteiger partial charge >= 0.3 is 11.9 Å². The summed E-state index contributed by atoms with van der Waals surface area (Å²) in [5.74, 6) is -1.00. The average Bonchev–Trinajstić information content (AvgIpc) is 3.40. The molecule has 0 saturated carbocycles. The first-order chi connectivity index (χ1) is 26.8. The molecule has 4 heteroatoms. The van der Waals surface area contributed by atoms with Crippen molar-refractivity contribution in [3.05, 3.63) is 156 Å². The summed E-state index contributed by atoms with van der Waals surface area (Å²) in [5.41, 5.74) is 10.00. The molecule has 4 nitrogen and oxygen atoms in total. The molecule has 1 aliphatic carbocycles. The Morgan fingerprint density at radius 3 is 1.61 bits per heavy atom. The molecule has 0 bridgehead atoms. The Bertz CT molecular complexity index is 2800. The molecule has 0 unspecified atom stereocenters. The van der Waals surface area contributed by atoms with E-state index in [-0.39, 0.29) is 10.8 Å². The van der Waals surface area contributed by atoms with E-state index < -0.39 is 23.1 Å². The molecule has 0 N–H and O–H groups in total. The summed E-state index contributed by atoms with van der Waals surface area (Å²) in [4.78, 5) is 24.9. The van der Waals surface area contributed by atoms with Crippen LogP contribution in [0.2, 0.25) is 0 Å². The predicted octanol–water partition coefficient (Wildman–Crippen LogP) is 13.5. The second kappa shape index (κ2) is 13.0. The third-order valence-corrected chi connectivity index (χ3v) is 12.2. The molecule has 0 atom stereocenters. The fourth-order valence-corrected chi connectivity index (χ4v) is 8.96. The van der Waals surface area contributed by atoms with E-state index in [0.717, 1.165) is 22.3 Å². The standard InChI is InChI=1S/C53H50O4/c1-12-46(54)56-52(8,9)36-20-25-43(53(10,11)57-47(55)13-2)42(30-36)33-18-23-40-39-22-17-32(28-44(39)51(6,7)45(40)29-33)38-21-16-31-14-15-34-26-37(50(3,4)5)27-35-19-24-41(38)49(31)48(34)35/h12-30H,1-2H2,3-11H3. The fourth-order valence-electron chi connectivity index (χ4n) is 8.96. The highest BCUT2D eigenvalue weighted by molar-refractivity contribution is 6.25. The molecule has 7 aromatic rings. The van der Waals surface area contributed by atoms with Crippen LogP contribution in [0.4, 0.5) is 0 Å². The molecule has 286 valence electrons. The highest BCUT2D eigenvalue weighted by atomic mass is 16.6. The van der Waals surface area contributed by atoms with Gasteiger partial charge in [-0.05, 0) is 139 Å². The second-order valence-electron chi connectivity index (χ2n) is 18.1. The van der Waals surface area contributed by atoms with Crippen LogP contribution in [-0.4, -0.2) is 11.9 Å². The van der Waals surface area contributed by atoms with E-state index in [9.17, 15) is 9.59 Å². The van der Waals surface area contributed by atoms with Crippen LogP contribution >= 0.6 is 0 Å². The Hall–Kier alpha value is -6.00. The van der Waals surface area contributed by atoms with E-state index in [1.807, 2.05) is 45.9 Å². The quantitative estimate of drug-likeness (QED) is 0.0882. The first kappa shape index (κ1) is 37.9. The van der Waals surface area contributed by atoms with Crippen molar-refractivity contribution in [3.63, 3.8) is 0 Å². The van der Waals surface area contributed by atoms with Gasteiger partial charge in [-0.1, -0.05) is 133 Å². The zero-order valence-electron chi connectivity index (χ0n) is 34.5. The SMILES string of the molecule is C=CC(=O)OC(C)(C)c1ccc(C(C)(C)OC(=O)C=C)c(-c2ccc3c(c2)C(C)(C)c2cc(-c4ccc5ccc6cc(C(C)(C)C)cc7ccc4c5c67)ccc2-3)c1. The number of benzene rings is 7. The van der Waals surface area contributed by atoms with E-state index in [2.05, 4.69) is 133 Å². The van der Waals surface area contributed by atoms with Crippen molar-refractivity contribution >= 4 is 44.3 Å². The number of hydrogen-bond acceptors (Lipinski definition) is 4. The van der Waals surface area contributed by atoms with Gasteiger partial charge in [-0.2, -0.15) is 0 Å². The zero-order valence-corrected chi connectivity index (χ0v) is 34.5. The van der Waals surface area contributed by atoms with Crippen LogP contribution in [0.3, 0.4) is 0 Å². The molecule has 0 saturated heterocycles. The Balaban J connectivity index is 1.24. The summed E-state index contributed by atoms with van der Waals surface area (Å²) >= 11 is 0. The molecule has 0 radical (unpaired) electrons. The minimum absolute atomic E-state index is 0.0627. The van der Waals surface area contributed by atoms with E-state index >= 15 is 0 Å². The first-order valence-electron chi connectivity index (χ1n) is 19.7. The minimum Gasteiger partial charge on any atom is -0.452 e. The molecule has 0 spiro atoms. The second-order valence-corrected chi connectivity index (χ2v) is 18.1. The van der Waals surface area contributed by atoms with Crippen molar-refractivity contribution in [2.45, 2.75) is 84.3 Å². The number of ether oxygens (including phenoxy) is 2. The molecule has 0 amide bonds. The fraction of sp³-hybridized carbons (Fsp3) is 0.245. The minimum atomic E-state index is -0.983. The van der Waals surface area contributed by atoms with Crippen molar-refractivity contribution in [2.75, 3.05) is 0 Å². The largest absolute Gasteiger partial charge is 0.452 e. The highest BCUT2D eigenvalue weighted by Crippen LogP contribution is 2.52. The number of hydrogen-bond donors (Lipinski definition) is 0. The van der Waals surface area contributed by atoms with Crippen LogP contribution in [-0.2, 0) is 41.1 Å². The molecule has 7 aromatic carbocycles. The normalized spacial score (nSPS) is 13.8. The van der Waals surface area contributed by atoms with Gasteiger partial charge in [-0.25, -0.2) is 9.59 Å².